The van der Waals surface area contributed by atoms with E-state index in [1.807, 2.05) is 24.3 Å². The summed E-state index contributed by atoms with van der Waals surface area (Å²) < 4.78 is 33.3. The van der Waals surface area contributed by atoms with E-state index in [9.17, 15) is 18.0 Å². The molecule has 1 aliphatic heterocycles. The van der Waals surface area contributed by atoms with Crippen LogP contribution >= 0.6 is 0 Å². The molecular weight excluding hydrogens is 454 g/mol. The molecule has 0 spiro atoms. The van der Waals surface area contributed by atoms with E-state index in [0.29, 0.717) is 18.7 Å². The van der Waals surface area contributed by atoms with Crippen LogP contribution in [0.4, 0.5) is 10.5 Å². The molecule has 1 aliphatic rings. The summed E-state index contributed by atoms with van der Waals surface area (Å²) in [6.45, 7) is 10.9. The van der Waals surface area contributed by atoms with Crippen LogP contribution in [-0.4, -0.2) is 37.6 Å². The van der Waals surface area contributed by atoms with Crippen molar-refractivity contribution >= 4 is 27.7 Å². The molecule has 1 unspecified atom stereocenters. The zero-order valence-electron chi connectivity index (χ0n) is 20.5. The first kappa shape index (κ1) is 25.7. The third-order valence-corrected chi connectivity index (χ3v) is 6.80. The van der Waals surface area contributed by atoms with Gasteiger partial charge in [0.1, 0.15) is 11.6 Å². The molecule has 0 saturated heterocycles. The largest absolute Gasteiger partial charge is 0.444 e. The molecule has 9 heteroatoms. The number of alkyl carbamates (subject to hydrolysis) is 1. The Morgan fingerprint density at radius 3 is 2.12 bits per heavy atom. The Balaban J connectivity index is 1.92. The van der Waals surface area contributed by atoms with Gasteiger partial charge >= 0.3 is 6.09 Å². The first-order valence-electron chi connectivity index (χ1n) is 11.2. The fourth-order valence-electron chi connectivity index (χ4n) is 3.70. The fraction of sp³-hybridized carbons (Fsp3) is 0.440. The number of hydrogen-bond donors (Lipinski definition) is 2. The van der Waals surface area contributed by atoms with Crippen LogP contribution in [0.1, 0.15) is 52.7 Å². The zero-order chi connectivity index (χ0) is 25.3. The van der Waals surface area contributed by atoms with Crippen molar-refractivity contribution < 1.29 is 22.7 Å². The van der Waals surface area contributed by atoms with Gasteiger partial charge in [-0.3, -0.25) is 4.79 Å². The van der Waals surface area contributed by atoms with Gasteiger partial charge in [0.15, 0.2) is 0 Å². The molecule has 3 rings (SSSR count). The SMILES string of the molecule is CC(C)(C)NS(=O)(=O)c1ccc(N2Cc3ccccc3CC(NC(=O)OC(C)(C)C)C2=O)cc1. The average Bonchev–Trinajstić information content (AvgIpc) is 2.82. The van der Waals surface area contributed by atoms with Gasteiger partial charge in [-0.25, -0.2) is 17.9 Å². The number of sulfonamides is 1. The molecule has 0 aliphatic carbocycles. The number of ether oxygens (including phenoxy) is 1. The van der Waals surface area contributed by atoms with E-state index in [1.165, 1.54) is 12.1 Å². The average molecular weight is 488 g/mol. The summed E-state index contributed by atoms with van der Waals surface area (Å²) in [5.41, 5.74) is 1.12. The molecule has 2 amide bonds. The highest BCUT2D eigenvalue weighted by molar-refractivity contribution is 7.89. The molecule has 0 radical (unpaired) electrons. The molecule has 0 saturated carbocycles. The molecule has 8 nitrogen and oxygen atoms in total. The maximum atomic E-state index is 13.5. The lowest BCUT2D eigenvalue weighted by Crippen LogP contribution is -2.49. The van der Waals surface area contributed by atoms with Gasteiger partial charge < -0.3 is 15.0 Å². The molecule has 1 atom stereocenters. The standard InChI is InChI=1S/C25H33N3O5S/c1-24(2,3)27-34(31,32)20-13-11-19(12-14-20)28-16-18-10-8-7-9-17(18)15-21(22(28)29)26-23(30)33-25(4,5)6/h7-14,21,27H,15-16H2,1-6H3,(H,26,30). The molecule has 2 N–H and O–H groups in total. The number of amides is 2. The Labute approximate surface area is 201 Å². The minimum Gasteiger partial charge on any atom is -0.444 e. The van der Waals surface area contributed by atoms with Gasteiger partial charge in [0.05, 0.1) is 11.4 Å². The highest BCUT2D eigenvalue weighted by atomic mass is 32.2. The van der Waals surface area contributed by atoms with Crippen molar-refractivity contribution in [1.29, 1.82) is 0 Å². The van der Waals surface area contributed by atoms with Crippen LogP contribution < -0.4 is 14.9 Å². The molecule has 0 bridgehead atoms. The smallest absolute Gasteiger partial charge is 0.408 e. The van der Waals surface area contributed by atoms with Crippen LogP contribution in [0.2, 0.25) is 0 Å². The van der Waals surface area contributed by atoms with Crippen LogP contribution in [0, 0.1) is 0 Å². The lowest BCUT2D eigenvalue weighted by Gasteiger charge is -2.27. The summed E-state index contributed by atoms with van der Waals surface area (Å²) in [4.78, 5) is 27.6. The number of nitrogens with zero attached hydrogens (tertiary/aromatic N) is 1. The normalized spacial score (nSPS) is 17.1. The summed E-state index contributed by atoms with van der Waals surface area (Å²) in [5.74, 6) is -0.300. The topological polar surface area (TPSA) is 105 Å². The first-order chi connectivity index (χ1) is 15.6. The van der Waals surface area contributed by atoms with Gasteiger partial charge in [-0.05, 0) is 76.9 Å². The number of carbonyl (C=O) groups is 2. The minimum absolute atomic E-state index is 0.109. The Kier molecular flexibility index (Phi) is 7.10. The second-order valence-electron chi connectivity index (χ2n) is 10.4. The number of anilines is 1. The van der Waals surface area contributed by atoms with Gasteiger partial charge in [-0.15, -0.1) is 0 Å². The Morgan fingerprint density at radius 2 is 1.56 bits per heavy atom. The quantitative estimate of drug-likeness (QED) is 0.684. The second-order valence-corrected chi connectivity index (χ2v) is 12.1. The number of rotatable bonds is 4. The third-order valence-electron chi connectivity index (χ3n) is 5.03. The highest BCUT2D eigenvalue weighted by Gasteiger charge is 2.33. The second kappa shape index (κ2) is 9.38. The van der Waals surface area contributed by atoms with Crippen molar-refractivity contribution in [1.82, 2.24) is 10.0 Å². The number of carbonyl (C=O) groups excluding carboxylic acids is 2. The summed E-state index contributed by atoms with van der Waals surface area (Å²) in [6.07, 6.45) is -0.341. The molecule has 0 fully saturated rings. The number of nitrogens with one attached hydrogen (secondary N) is 2. The van der Waals surface area contributed by atoms with Gasteiger partial charge in [-0.2, -0.15) is 0 Å². The molecule has 184 valence electrons. The van der Waals surface area contributed by atoms with E-state index in [4.69, 9.17) is 4.74 Å². The molecular formula is C25H33N3O5S. The van der Waals surface area contributed by atoms with Crippen LogP contribution in [0.3, 0.4) is 0 Å². The van der Waals surface area contributed by atoms with E-state index in [2.05, 4.69) is 10.0 Å². The predicted octanol–water partition coefficient (Wildman–Crippen LogP) is 3.75. The number of benzene rings is 2. The van der Waals surface area contributed by atoms with Crippen LogP contribution in [0.25, 0.3) is 0 Å². The van der Waals surface area contributed by atoms with Crippen LogP contribution in [0.5, 0.6) is 0 Å². The Bertz CT molecular complexity index is 1160. The third kappa shape index (κ3) is 6.57. The van der Waals surface area contributed by atoms with Crippen molar-refractivity contribution in [2.24, 2.45) is 0 Å². The minimum atomic E-state index is -3.71. The predicted molar refractivity (Wildman–Crippen MR) is 131 cm³/mol. The van der Waals surface area contributed by atoms with Gasteiger partial charge in [0, 0.05) is 17.6 Å². The van der Waals surface area contributed by atoms with E-state index in [-0.39, 0.29) is 10.8 Å². The Hall–Kier alpha value is -2.91. The van der Waals surface area contributed by atoms with Gasteiger partial charge in [0.2, 0.25) is 15.9 Å². The summed E-state index contributed by atoms with van der Waals surface area (Å²) in [5, 5.41) is 2.71. The number of fused-ring (bicyclic) bond motifs is 1. The van der Waals surface area contributed by atoms with Crippen molar-refractivity contribution in [3.63, 3.8) is 0 Å². The summed E-state index contributed by atoms with van der Waals surface area (Å²) in [7, 11) is -3.71. The van der Waals surface area contributed by atoms with Crippen molar-refractivity contribution in [2.45, 2.75) is 76.6 Å². The number of hydrogen-bond acceptors (Lipinski definition) is 5. The lowest BCUT2D eigenvalue weighted by atomic mass is 10.0. The highest BCUT2D eigenvalue weighted by Crippen LogP contribution is 2.26. The summed E-state index contributed by atoms with van der Waals surface area (Å²) >= 11 is 0. The van der Waals surface area contributed by atoms with Gasteiger partial charge in [0.25, 0.3) is 0 Å². The molecule has 0 aromatic heterocycles. The van der Waals surface area contributed by atoms with Crippen molar-refractivity contribution in [3.8, 4) is 0 Å². The maximum absolute atomic E-state index is 13.5. The molecule has 34 heavy (non-hydrogen) atoms. The molecule has 2 aromatic carbocycles. The first-order valence-corrected chi connectivity index (χ1v) is 12.6. The van der Waals surface area contributed by atoms with Crippen molar-refractivity contribution in [2.75, 3.05) is 4.90 Å². The fourth-order valence-corrected chi connectivity index (χ4v) is 5.12. The Morgan fingerprint density at radius 1 is 0.971 bits per heavy atom. The van der Waals surface area contributed by atoms with Crippen LogP contribution in [0.15, 0.2) is 53.4 Å². The summed E-state index contributed by atoms with van der Waals surface area (Å²) in [6, 6.07) is 13.0. The zero-order valence-corrected chi connectivity index (χ0v) is 21.3. The molecule has 1 heterocycles. The van der Waals surface area contributed by atoms with E-state index < -0.39 is 33.3 Å². The van der Waals surface area contributed by atoms with Gasteiger partial charge in [-0.1, -0.05) is 24.3 Å². The maximum Gasteiger partial charge on any atom is 0.408 e. The lowest BCUT2D eigenvalue weighted by molar-refractivity contribution is -0.120. The van der Waals surface area contributed by atoms with E-state index in [1.54, 1.807) is 58.6 Å². The van der Waals surface area contributed by atoms with Crippen molar-refractivity contribution in [3.05, 3.63) is 59.7 Å². The van der Waals surface area contributed by atoms with E-state index in [0.717, 1.165) is 11.1 Å². The molecule has 2 aromatic rings. The van der Waals surface area contributed by atoms with Crippen LogP contribution in [-0.2, 0) is 32.5 Å². The van der Waals surface area contributed by atoms with E-state index >= 15 is 0 Å². The monoisotopic (exact) mass is 487 g/mol.